The van der Waals surface area contributed by atoms with Gasteiger partial charge in [-0.25, -0.2) is 0 Å². The molecule has 0 spiro atoms. The van der Waals surface area contributed by atoms with Gasteiger partial charge in [-0.05, 0) is 24.3 Å². The van der Waals surface area contributed by atoms with E-state index in [0.717, 1.165) is 16.8 Å². The lowest BCUT2D eigenvalue weighted by Crippen LogP contribution is -2.28. The number of fused-ring (bicyclic) bond motifs is 2. The van der Waals surface area contributed by atoms with Crippen molar-refractivity contribution in [2.24, 2.45) is 0 Å². The summed E-state index contributed by atoms with van der Waals surface area (Å²) in [5.41, 5.74) is -5.48. The first kappa shape index (κ1) is 23.0. The second-order valence-corrected chi connectivity index (χ2v) is 8.54. The van der Waals surface area contributed by atoms with Gasteiger partial charge in [-0.1, -0.05) is 71.7 Å². The first-order valence-electron chi connectivity index (χ1n) is 8.55. The van der Waals surface area contributed by atoms with Crippen LogP contribution < -0.4 is 4.18 Å². The number of benzene rings is 4. The van der Waals surface area contributed by atoms with Crippen molar-refractivity contribution in [3.05, 3.63) is 82.8 Å². The van der Waals surface area contributed by atoms with E-state index in [1.165, 1.54) is 18.2 Å². The minimum Gasteiger partial charge on any atom is -0.507 e. The van der Waals surface area contributed by atoms with Crippen molar-refractivity contribution >= 4 is 54.9 Å². The lowest BCUT2D eigenvalue weighted by molar-refractivity contribution is -0.0499. The summed E-state index contributed by atoms with van der Waals surface area (Å²) in [6.07, 6.45) is 0. The molecule has 0 amide bonds. The Bertz CT molecular complexity index is 1320. The summed E-state index contributed by atoms with van der Waals surface area (Å²) >= 11 is 11.8. The van der Waals surface area contributed by atoms with Crippen molar-refractivity contribution in [3.63, 3.8) is 0 Å². The molecule has 0 radical (unpaired) electrons. The molecule has 0 saturated heterocycles. The van der Waals surface area contributed by atoms with E-state index in [4.69, 9.17) is 23.2 Å². The molecule has 0 bridgehead atoms. The van der Waals surface area contributed by atoms with Gasteiger partial charge in [-0.15, -0.1) is 0 Å². The van der Waals surface area contributed by atoms with E-state index in [1.807, 2.05) is 24.3 Å². The van der Waals surface area contributed by atoms with E-state index in [-0.39, 0.29) is 16.2 Å². The minimum atomic E-state index is -5.70. The van der Waals surface area contributed by atoms with Crippen LogP contribution >= 0.6 is 23.2 Å². The standard InChI is InChI=1S/C11H6ClF3O3S.C10H7ClO/c12-9-5-6-10(8-4-2-1-3-7(8)9)18-19(16,17)11(13,14)15;11-9-5-6-10(12)8-4-2-1-3-7(8)9/h1-6H;1-6,12H. The summed E-state index contributed by atoms with van der Waals surface area (Å²) in [6, 6.07) is 19.3. The number of aromatic hydroxyl groups is 1. The Kier molecular flexibility index (Phi) is 6.54. The molecule has 10 heteroatoms. The van der Waals surface area contributed by atoms with E-state index in [1.54, 1.807) is 24.3 Å². The molecule has 4 rings (SSSR count). The van der Waals surface area contributed by atoms with Crippen molar-refractivity contribution in [2.75, 3.05) is 0 Å². The van der Waals surface area contributed by atoms with Crippen LogP contribution in [0.25, 0.3) is 21.5 Å². The van der Waals surface area contributed by atoms with Crippen LogP contribution in [0.5, 0.6) is 11.5 Å². The topological polar surface area (TPSA) is 63.6 Å². The van der Waals surface area contributed by atoms with Gasteiger partial charge in [0.05, 0.1) is 0 Å². The maximum absolute atomic E-state index is 12.3. The average molecular weight is 489 g/mol. The average Bonchev–Trinajstić information content (AvgIpc) is 2.73. The molecule has 0 unspecified atom stereocenters. The van der Waals surface area contributed by atoms with Crippen LogP contribution in [0.2, 0.25) is 10.0 Å². The fraction of sp³-hybridized carbons (Fsp3) is 0.0476. The molecular weight excluding hydrogens is 476 g/mol. The quantitative estimate of drug-likeness (QED) is 0.245. The summed E-state index contributed by atoms with van der Waals surface area (Å²) in [4.78, 5) is 0. The zero-order chi connectivity index (χ0) is 22.8. The van der Waals surface area contributed by atoms with Crippen molar-refractivity contribution in [1.82, 2.24) is 0 Å². The van der Waals surface area contributed by atoms with Crippen LogP contribution in [0.1, 0.15) is 0 Å². The van der Waals surface area contributed by atoms with Gasteiger partial charge in [0.25, 0.3) is 0 Å². The van der Waals surface area contributed by atoms with Gasteiger partial charge in [-0.2, -0.15) is 21.6 Å². The number of phenols is 1. The molecule has 0 aliphatic carbocycles. The Labute approximate surface area is 185 Å². The van der Waals surface area contributed by atoms with Crippen molar-refractivity contribution in [3.8, 4) is 11.5 Å². The molecule has 162 valence electrons. The highest BCUT2D eigenvalue weighted by Gasteiger charge is 2.48. The Hall–Kier alpha value is -2.68. The lowest BCUT2D eigenvalue weighted by atomic mass is 10.1. The molecule has 0 saturated carbocycles. The summed E-state index contributed by atoms with van der Waals surface area (Å²) in [5, 5.41) is 12.7. The lowest BCUT2D eigenvalue weighted by Gasteiger charge is -2.11. The number of hydrogen-bond acceptors (Lipinski definition) is 4. The Balaban J connectivity index is 0.000000194. The van der Waals surface area contributed by atoms with E-state index in [0.29, 0.717) is 10.4 Å². The highest BCUT2D eigenvalue weighted by Crippen LogP contribution is 2.35. The van der Waals surface area contributed by atoms with Crippen LogP contribution in [0.4, 0.5) is 13.2 Å². The number of alkyl halides is 3. The van der Waals surface area contributed by atoms with Gasteiger partial charge in [0.15, 0.2) is 5.75 Å². The van der Waals surface area contributed by atoms with Gasteiger partial charge in [-0.3, -0.25) is 0 Å². The monoisotopic (exact) mass is 488 g/mol. The fourth-order valence-electron chi connectivity index (χ4n) is 2.72. The smallest absolute Gasteiger partial charge is 0.507 e. The summed E-state index contributed by atoms with van der Waals surface area (Å²) in [6.45, 7) is 0. The summed E-state index contributed by atoms with van der Waals surface area (Å²) in [5.74, 6) is -0.146. The van der Waals surface area contributed by atoms with Gasteiger partial charge < -0.3 is 9.29 Å². The third-order valence-electron chi connectivity index (χ3n) is 4.16. The number of phenolic OH excluding ortho intramolecular Hbond substituents is 1. The summed E-state index contributed by atoms with van der Waals surface area (Å²) < 4.78 is 62.8. The van der Waals surface area contributed by atoms with Crippen LogP contribution in [-0.2, 0) is 10.1 Å². The van der Waals surface area contributed by atoms with Gasteiger partial charge >= 0.3 is 15.6 Å². The second kappa shape index (κ2) is 8.82. The first-order valence-corrected chi connectivity index (χ1v) is 10.7. The molecule has 1 N–H and O–H groups in total. The van der Waals surface area contributed by atoms with E-state index < -0.39 is 21.4 Å². The van der Waals surface area contributed by atoms with Crippen LogP contribution in [-0.4, -0.2) is 19.0 Å². The summed E-state index contributed by atoms with van der Waals surface area (Å²) in [7, 11) is -5.70. The Morgan fingerprint density at radius 2 is 1.16 bits per heavy atom. The molecule has 4 nitrogen and oxygen atoms in total. The molecule has 0 heterocycles. The molecule has 31 heavy (non-hydrogen) atoms. The molecule has 0 fully saturated rings. The SMILES string of the molecule is O=S(=O)(Oc1ccc(Cl)c2ccccc12)C(F)(F)F.Oc1ccc(Cl)c2ccccc12. The van der Waals surface area contributed by atoms with Crippen molar-refractivity contribution in [2.45, 2.75) is 5.51 Å². The molecule has 0 aliphatic heterocycles. The third-order valence-corrected chi connectivity index (χ3v) is 5.79. The minimum absolute atomic E-state index is 0.183. The molecular formula is C21H13Cl2F3O4S. The molecule has 0 aromatic heterocycles. The first-order chi connectivity index (χ1) is 14.5. The van der Waals surface area contributed by atoms with Crippen LogP contribution in [0.15, 0.2) is 72.8 Å². The van der Waals surface area contributed by atoms with Crippen LogP contribution in [0.3, 0.4) is 0 Å². The highest BCUT2D eigenvalue weighted by molar-refractivity contribution is 7.88. The number of halogens is 5. The third kappa shape index (κ3) is 4.98. The highest BCUT2D eigenvalue weighted by atomic mass is 35.5. The zero-order valence-electron chi connectivity index (χ0n) is 15.4. The largest absolute Gasteiger partial charge is 0.534 e. The van der Waals surface area contributed by atoms with Crippen LogP contribution in [0, 0.1) is 0 Å². The van der Waals surface area contributed by atoms with E-state index >= 15 is 0 Å². The zero-order valence-corrected chi connectivity index (χ0v) is 17.7. The second-order valence-electron chi connectivity index (χ2n) is 6.19. The molecule has 0 aliphatic rings. The predicted octanol–water partition coefficient (Wildman–Crippen LogP) is 6.92. The molecule has 0 atom stereocenters. The number of rotatable bonds is 2. The van der Waals surface area contributed by atoms with E-state index in [9.17, 15) is 26.7 Å². The maximum atomic E-state index is 12.3. The van der Waals surface area contributed by atoms with Crippen molar-refractivity contribution < 1.29 is 30.9 Å². The maximum Gasteiger partial charge on any atom is 0.534 e. The Morgan fingerprint density at radius 1 is 0.710 bits per heavy atom. The fourth-order valence-corrected chi connectivity index (χ4v) is 3.65. The van der Waals surface area contributed by atoms with E-state index in [2.05, 4.69) is 4.18 Å². The molecule has 4 aromatic carbocycles. The Morgan fingerprint density at radius 3 is 1.68 bits per heavy atom. The molecule has 4 aromatic rings. The van der Waals surface area contributed by atoms with Gasteiger partial charge in [0, 0.05) is 31.6 Å². The number of hydrogen-bond donors (Lipinski definition) is 1. The normalized spacial score (nSPS) is 11.8. The van der Waals surface area contributed by atoms with Crippen molar-refractivity contribution in [1.29, 1.82) is 0 Å². The predicted molar refractivity (Wildman–Crippen MR) is 115 cm³/mol. The van der Waals surface area contributed by atoms with Gasteiger partial charge in [0.2, 0.25) is 0 Å². The van der Waals surface area contributed by atoms with Gasteiger partial charge in [0.1, 0.15) is 5.75 Å².